The normalized spacial score (nSPS) is 15.3. The van der Waals surface area contributed by atoms with Gasteiger partial charge in [-0.25, -0.2) is 0 Å². The largest absolute Gasteiger partial charge is 1.00 e. The number of rotatable bonds is 0. The Morgan fingerprint density at radius 1 is 0.833 bits per heavy atom. The molecule has 1 aliphatic rings. The van der Waals surface area contributed by atoms with Crippen LogP contribution in [0.15, 0.2) is 23.7 Å². The van der Waals surface area contributed by atoms with Crippen molar-refractivity contribution in [1.82, 2.24) is 0 Å². The van der Waals surface area contributed by atoms with E-state index in [-0.39, 0.29) is 116 Å². The third-order valence-corrected chi connectivity index (χ3v) is 1.01. The maximum atomic E-state index is 10.3. The Balaban J connectivity index is 0. The van der Waals surface area contributed by atoms with Crippen molar-refractivity contribution in [2.24, 2.45) is 0 Å². The van der Waals surface area contributed by atoms with Crippen molar-refractivity contribution in [1.29, 1.82) is 0 Å². The van der Waals surface area contributed by atoms with Crippen LogP contribution >= 0.6 is 0 Å². The molecule has 0 radical (unpaired) electrons. The summed E-state index contributed by atoms with van der Waals surface area (Å²) < 4.78 is 0. The van der Waals surface area contributed by atoms with Gasteiger partial charge in [0.25, 0.3) is 0 Å². The molecule has 0 amide bonds. The van der Waals surface area contributed by atoms with E-state index < -0.39 is 23.1 Å². The number of ketones is 2. The molecule has 0 unspecified atom stereocenters. The van der Waals surface area contributed by atoms with Crippen LogP contribution in [0.2, 0.25) is 0 Å². The molecule has 0 saturated carbocycles. The minimum atomic E-state index is -0.926. The standard InChI is InChI=1S/C6H4O4.2Rb/c7-3-1-4(8)6(10)2-5(3)9;;/h1-2,7,10H;;/q;2*+1/p-2. The van der Waals surface area contributed by atoms with Gasteiger partial charge in [-0.1, -0.05) is 11.5 Å². The van der Waals surface area contributed by atoms with Crippen molar-refractivity contribution >= 4 is 11.6 Å². The van der Waals surface area contributed by atoms with Gasteiger partial charge in [0.05, 0.1) is 0 Å². The van der Waals surface area contributed by atoms with Crippen LogP contribution in [-0.2, 0) is 9.59 Å². The van der Waals surface area contributed by atoms with Crippen molar-refractivity contribution in [2.45, 2.75) is 0 Å². The molecule has 0 bridgehead atoms. The van der Waals surface area contributed by atoms with Gasteiger partial charge in [0.1, 0.15) is 0 Å². The molecule has 0 saturated heterocycles. The first-order valence-corrected chi connectivity index (χ1v) is 2.47. The summed E-state index contributed by atoms with van der Waals surface area (Å²) in [6.45, 7) is 0. The van der Waals surface area contributed by atoms with Crippen LogP contribution in [0.25, 0.3) is 0 Å². The van der Waals surface area contributed by atoms with Gasteiger partial charge in [0.15, 0.2) is 11.6 Å². The van der Waals surface area contributed by atoms with Gasteiger partial charge < -0.3 is 10.2 Å². The van der Waals surface area contributed by atoms with E-state index in [0.717, 1.165) is 0 Å². The van der Waals surface area contributed by atoms with Crippen LogP contribution in [0.1, 0.15) is 0 Å². The smallest absolute Gasteiger partial charge is 0.870 e. The third-order valence-electron chi connectivity index (χ3n) is 1.01. The van der Waals surface area contributed by atoms with E-state index in [2.05, 4.69) is 0 Å². The molecule has 0 aliphatic heterocycles. The minimum Gasteiger partial charge on any atom is -0.870 e. The Morgan fingerprint density at radius 3 is 1.33 bits per heavy atom. The average Bonchev–Trinajstić information content (AvgIpc) is 1.84. The fourth-order valence-electron chi connectivity index (χ4n) is 0.523. The fourth-order valence-corrected chi connectivity index (χ4v) is 0.523. The summed E-state index contributed by atoms with van der Waals surface area (Å²) in [6.07, 6.45) is 1.01. The van der Waals surface area contributed by atoms with E-state index in [4.69, 9.17) is 0 Å². The molecule has 0 aromatic carbocycles. The summed E-state index contributed by atoms with van der Waals surface area (Å²) in [4.78, 5) is 20.7. The zero-order valence-electron chi connectivity index (χ0n) is 6.79. The first kappa shape index (κ1) is 16.5. The van der Waals surface area contributed by atoms with Gasteiger partial charge in [-0.2, -0.15) is 0 Å². The number of carbonyl (C=O) groups is 2. The number of allylic oxidation sites excluding steroid dienone is 2. The Morgan fingerprint density at radius 2 is 1.08 bits per heavy atom. The minimum absolute atomic E-state index is 0. The molecular weight excluding hydrogens is 307 g/mol. The first-order chi connectivity index (χ1) is 4.61. The maximum absolute atomic E-state index is 10.3. The Kier molecular flexibility index (Phi) is 10.1. The van der Waals surface area contributed by atoms with Crippen LogP contribution in [0.4, 0.5) is 0 Å². The topological polar surface area (TPSA) is 80.3 Å². The summed E-state index contributed by atoms with van der Waals surface area (Å²) in [6, 6.07) is 0. The predicted octanol–water partition coefficient (Wildman–Crippen LogP) is -8.37. The van der Waals surface area contributed by atoms with Gasteiger partial charge in [0, 0.05) is 0 Å². The number of hydrogen-bond acceptors (Lipinski definition) is 4. The molecule has 0 spiro atoms. The molecule has 52 valence electrons. The van der Waals surface area contributed by atoms with E-state index in [1.165, 1.54) is 0 Å². The van der Waals surface area contributed by atoms with Crippen LogP contribution in [0, 0.1) is 0 Å². The molecule has 0 fully saturated rings. The van der Waals surface area contributed by atoms with Gasteiger partial charge in [-0.3, -0.25) is 9.59 Å². The number of hydrogen-bond donors (Lipinski definition) is 0. The molecule has 0 N–H and O–H groups in total. The monoisotopic (exact) mass is 308 g/mol. The van der Waals surface area contributed by atoms with E-state index >= 15 is 0 Å². The van der Waals surface area contributed by atoms with Gasteiger partial charge >= 0.3 is 116 Å². The zero-order chi connectivity index (χ0) is 7.72. The SMILES string of the molecule is O=C1C=C([O-])C(=O)C=C1[O-].[Rb+].[Rb+]. The molecule has 4 nitrogen and oxygen atoms in total. The molecule has 6 heteroatoms. The molecule has 0 aromatic heterocycles. The van der Waals surface area contributed by atoms with E-state index in [0.29, 0.717) is 12.2 Å². The Bertz CT molecular complexity index is 239. The second-order valence-electron chi connectivity index (χ2n) is 1.75. The van der Waals surface area contributed by atoms with Crippen LogP contribution in [0.3, 0.4) is 0 Å². The summed E-state index contributed by atoms with van der Waals surface area (Å²) in [7, 11) is 0. The third kappa shape index (κ3) is 4.50. The van der Waals surface area contributed by atoms with Crippen molar-refractivity contribution in [3.05, 3.63) is 23.7 Å². The van der Waals surface area contributed by atoms with E-state index in [1.54, 1.807) is 0 Å². The molecule has 0 atom stereocenters. The van der Waals surface area contributed by atoms with Crippen molar-refractivity contribution in [3.63, 3.8) is 0 Å². The van der Waals surface area contributed by atoms with Crippen LogP contribution in [-0.4, -0.2) is 11.6 Å². The van der Waals surface area contributed by atoms with Gasteiger partial charge in [-0.05, 0) is 12.2 Å². The Hall–Kier alpha value is 2.03. The van der Waals surface area contributed by atoms with Crippen LogP contribution < -0.4 is 127 Å². The molecule has 1 aliphatic carbocycles. The van der Waals surface area contributed by atoms with Crippen molar-refractivity contribution in [3.8, 4) is 0 Å². The maximum Gasteiger partial charge on any atom is 1.00 e. The zero-order valence-corrected chi connectivity index (χ0v) is 16.6. The Labute approximate surface area is 167 Å². The van der Waals surface area contributed by atoms with Gasteiger partial charge in [-0.15, -0.1) is 0 Å². The van der Waals surface area contributed by atoms with Crippen molar-refractivity contribution < 1.29 is 136 Å². The molecular formula is C6H2O4Rb2. The summed E-state index contributed by atoms with van der Waals surface area (Å²) in [5.74, 6) is -3.71. The van der Waals surface area contributed by atoms with E-state index in [1.807, 2.05) is 0 Å². The summed E-state index contributed by atoms with van der Waals surface area (Å²) >= 11 is 0. The van der Waals surface area contributed by atoms with Crippen molar-refractivity contribution in [2.75, 3.05) is 0 Å². The second-order valence-corrected chi connectivity index (χ2v) is 1.75. The molecule has 0 aromatic rings. The van der Waals surface area contributed by atoms with E-state index in [9.17, 15) is 19.8 Å². The fraction of sp³-hybridized carbons (Fsp3) is 0. The molecule has 1 rings (SSSR count). The van der Waals surface area contributed by atoms with Crippen LogP contribution in [0.5, 0.6) is 0 Å². The number of carbonyl (C=O) groups excluding carboxylic acids is 2. The van der Waals surface area contributed by atoms with Gasteiger partial charge in [0.2, 0.25) is 0 Å². The summed E-state index contributed by atoms with van der Waals surface area (Å²) in [5, 5.41) is 20.7. The first-order valence-electron chi connectivity index (χ1n) is 2.47. The molecule has 0 heterocycles. The average molecular weight is 309 g/mol. The predicted molar refractivity (Wildman–Crippen MR) is 26.2 cm³/mol. The quantitative estimate of drug-likeness (QED) is 0.416. The molecule has 12 heavy (non-hydrogen) atoms. The summed E-state index contributed by atoms with van der Waals surface area (Å²) in [5.41, 5.74) is 0. The second kappa shape index (κ2) is 7.34.